The van der Waals surface area contributed by atoms with E-state index < -0.39 is 12.5 Å². The summed E-state index contributed by atoms with van der Waals surface area (Å²) in [6.07, 6.45) is 6.20. The van der Waals surface area contributed by atoms with Crippen LogP contribution in [0.25, 0.3) is 11.1 Å². The van der Waals surface area contributed by atoms with Gasteiger partial charge in [0.25, 0.3) is 5.91 Å². The van der Waals surface area contributed by atoms with E-state index in [1.54, 1.807) is 4.90 Å². The summed E-state index contributed by atoms with van der Waals surface area (Å²) in [5.74, 6) is -0.305. The van der Waals surface area contributed by atoms with Crippen LogP contribution in [0.3, 0.4) is 0 Å². The van der Waals surface area contributed by atoms with Gasteiger partial charge in [-0.25, -0.2) is 0 Å². The third-order valence-corrected chi connectivity index (χ3v) is 6.68. The van der Waals surface area contributed by atoms with Gasteiger partial charge in [0, 0.05) is 30.1 Å². The molecule has 0 aromatic heterocycles. The molecule has 0 spiro atoms. The van der Waals surface area contributed by atoms with Gasteiger partial charge in [-0.1, -0.05) is 73.5 Å². The van der Waals surface area contributed by atoms with Crippen molar-refractivity contribution in [1.29, 1.82) is 0 Å². The van der Waals surface area contributed by atoms with Crippen molar-refractivity contribution < 1.29 is 20.8 Å². The molecule has 1 atom stereocenters. The number of aliphatic carboxylic acids is 1. The second kappa shape index (κ2) is 12.9. The average molecular weight is 487 g/mol. The van der Waals surface area contributed by atoms with E-state index in [2.05, 4.69) is 0 Å². The van der Waals surface area contributed by atoms with Crippen molar-refractivity contribution in [2.24, 2.45) is 0 Å². The minimum absolute atomic E-state index is 0.0212. The molecule has 36 heavy (non-hydrogen) atoms. The lowest BCUT2D eigenvalue weighted by molar-refractivity contribution is -0.137. The first-order valence-electron chi connectivity index (χ1n) is 13.5. The number of unbranched alkanes of at least 4 members (excludes halogenated alkanes) is 2. The monoisotopic (exact) mass is 486 g/mol. The van der Waals surface area contributed by atoms with Crippen molar-refractivity contribution in [3.63, 3.8) is 0 Å². The Hall–Kier alpha value is -3.60. The zero-order chi connectivity index (χ0) is 26.0. The molecule has 0 saturated heterocycles. The minimum Gasteiger partial charge on any atom is -0.493 e. The number of carbonyl (C=O) groups is 2. The van der Waals surface area contributed by atoms with Crippen molar-refractivity contribution in [3.05, 3.63) is 90.0 Å². The summed E-state index contributed by atoms with van der Waals surface area (Å²) in [5.41, 5.74) is 3.41. The van der Waals surface area contributed by atoms with Gasteiger partial charge in [-0.05, 0) is 61.4 Å². The van der Waals surface area contributed by atoms with Crippen molar-refractivity contribution in [1.82, 2.24) is 4.90 Å². The highest BCUT2D eigenvalue weighted by Gasteiger charge is 2.28. The molecule has 0 aliphatic heterocycles. The molecule has 1 N–H and O–H groups in total. The Bertz CT molecular complexity index is 1160. The summed E-state index contributed by atoms with van der Waals surface area (Å²) < 4.78 is 15.2. The number of hydrogen-bond donors (Lipinski definition) is 1. The van der Waals surface area contributed by atoms with Crippen molar-refractivity contribution in [2.75, 3.05) is 6.61 Å². The van der Waals surface area contributed by atoms with E-state index in [0.717, 1.165) is 49.7 Å². The van der Waals surface area contributed by atoms with Gasteiger partial charge in [0.15, 0.2) is 0 Å². The van der Waals surface area contributed by atoms with Gasteiger partial charge >= 0.3 is 5.97 Å². The Morgan fingerprint density at radius 1 is 0.861 bits per heavy atom. The molecule has 3 aromatic rings. The van der Waals surface area contributed by atoms with Crippen molar-refractivity contribution in [3.8, 4) is 16.9 Å². The van der Waals surface area contributed by atoms with Crippen LogP contribution >= 0.6 is 0 Å². The molecule has 1 aliphatic carbocycles. The number of carboxylic acids is 1. The Kier molecular flexibility index (Phi) is 8.65. The molecule has 0 heterocycles. The van der Waals surface area contributed by atoms with Gasteiger partial charge < -0.3 is 14.7 Å². The smallest absolute Gasteiger partial charge is 0.303 e. The fourth-order valence-corrected chi connectivity index (χ4v) is 4.70. The Morgan fingerprint density at radius 2 is 1.53 bits per heavy atom. The number of carboxylic acid groups (broad SMARTS) is 1. The molecule has 1 saturated carbocycles. The highest BCUT2D eigenvalue weighted by Crippen LogP contribution is 2.30. The standard InChI is InChI=1S/C31H35NO4/c33-30(34)17-5-2-10-22-36-29-16-9-6-13-27(29)23-32(28-14-7-8-15-28)31(35)26-20-18-25(19-21-26)24-11-3-1-4-12-24/h1,3-4,6,9,11-13,16,18-21,28H,2,5,7-8,10,14-15,17,22-23H2,(H,33,34)/i23D. The number of benzene rings is 3. The predicted octanol–water partition coefficient (Wildman–Crippen LogP) is 6.96. The Labute approximate surface area is 215 Å². The summed E-state index contributed by atoms with van der Waals surface area (Å²) >= 11 is 0. The fourth-order valence-electron chi connectivity index (χ4n) is 4.70. The quantitative estimate of drug-likeness (QED) is 0.281. The maximum Gasteiger partial charge on any atom is 0.303 e. The SMILES string of the molecule is [2H]C(c1ccccc1OCCCCCC(=O)O)N(C(=O)c1ccc(-c2ccccc2)cc1)C1CCCC1. The molecule has 1 aliphatic rings. The van der Waals surface area contributed by atoms with Crippen LogP contribution in [0, 0.1) is 0 Å². The molecule has 5 heteroatoms. The lowest BCUT2D eigenvalue weighted by Gasteiger charge is -2.30. The largest absolute Gasteiger partial charge is 0.493 e. The van der Waals surface area contributed by atoms with Gasteiger partial charge in [0.1, 0.15) is 5.75 Å². The van der Waals surface area contributed by atoms with E-state index in [0.29, 0.717) is 29.9 Å². The van der Waals surface area contributed by atoms with Crippen LogP contribution in [0.5, 0.6) is 5.75 Å². The molecule has 0 bridgehead atoms. The van der Waals surface area contributed by atoms with E-state index in [1.807, 2.05) is 78.9 Å². The zero-order valence-electron chi connectivity index (χ0n) is 21.6. The molecular formula is C31H35NO4. The van der Waals surface area contributed by atoms with Crippen LogP contribution < -0.4 is 4.74 Å². The first kappa shape index (κ1) is 24.1. The molecular weight excluding hydrogens is 450 g/mol. The second-order valence-electron chi connectivity index (χ2n) is 9.31. The van der Waals surface area contributed by atoms with E-state index in [4.69, 9.17) is 9.84 Å². The van der Waals surface area contributed by atoms with Crippen LogP contribution in [0.1, 0.15) is 68.7 Å². The van der Waals surface area contributed by atoms with Crippen LogP contribution in [-0.2, 0) is 11.3 Å². The van der Waals surface area contributed by atoms with Gasteiger partial charge in [-0.2, -0.15) is 0 Å². The number of nitrogens with zero attached hydrogens (tertiary/aromatic N) is 1. The van der Waals surface area contributed by atoms with Gasteiger partial charge in [0.05, 0.1) is 7.98 Å². The van der Waals surface area contributed by atoms with E-state index in [9.17, 15) is 11.0 Å². The van der Waals surface area contributed by atoms with Gasteiger partial charge in [-0.3, -0.25) is 9.59 Å². The normalized spacial score (nSPS) is 14.7. The van der Waals surface area contributed by atoms with Gasteiger partial charge in [0.2, 0.25) is 0 Å². The fraction of sp³-hybridized carbons (Fsp3) is 0.355. The highest BCUT2D eigenvalue weighted by atomic mass is 16.5. The molecule has 5 nitrogen and oxygen atoms in total. The third kappa shape index (κ3) is 6.97. The van der Waals surface area contributed by atoms with E-state index >= 15 is 0 Å². The first-order valence-corrected chi connectivity index (χ1v) is 12.9. The van der Waals surface area contributed by atoms with Crippen LogP contribution in [0.15, 0.2) is 78.9 Å². The number of ether oxygens (including phenoxy) is 1. The topological polar surface area (TPSA) is 66.8 Å². The number of rotatable bonds is 12. The number of carbonyl (C=O) groups excluding carboxylic acids is 1. The maximum atomic E-state index is 13.8. The van der Waals surface area contributed by atoms with Gasteiger partial charge in [-0.15, -0.1) is 0 Å². The van der Waals surface area contributed by atoms with Crippen molar-refractivity contribution >= 4 is 11.9 Å². The number of amides is 1. The van der Waals surface area contributed by atoms with E-state index in [1.165, 1.54) is 0 Å². The molecule has 3 aromatic carbocycles. The predicted molar refractivity (Wildman–Crippen MR) is 142 cm³/mol. The zero-order valence-corrected chi connectivity index (χ0v) is 20.6. The molecule has 4 rings (SSSR count). The number of para-hydroxylation sites is 1. The molecule has 0 radical (unpaired) electrons. The highest BCUT2D eigenvalue weighted by molar-refractivity contribution is 5.95. The lowest BCUT2D eigenvalue weighted by atomic mass is 10.0. The maximum absolute atomic E-state index is 13.8. The summed E-state index contributed by atoms with van der Waals surface area (Å²) in [7, 11) is 0. The van der Waals surface area contributed by atoms with Crippen molar-refractivity contribution in [2.45, 2.75) is 63.9 Å². The van der Waals surface area contributed by atoms with Crippen LogP contribution in [0.2, 0.25) is 0 Å². The van der Waals surface area contributed by atoms with E-state index in [-0.39, 0.29) is 18.4 Å². The number of hydrogen-bond acceptors (Lipinski definition) is 3. The lowest BCUT2D eigenvalue weighted by Crippen LogP contribution is -2.38. The summed E-state index contributed by atoms with van der Waals surface area (Å²) in [4.78, 5) is 26.2. The Morgan fingerprint density at radius 3 is 2.25 bits per heavy atom. The minimum atomic E-state index is -0.882. The summed E-state index contributed by atoms with van der Waals surface area (Å²) in [6, 6.07) is 25.2. The molecule has 1 amide bonds. The molecule has 188 valence electrons. The third-order valence-electron chi connectivity index (χ3n) is 6.68. The molecule has 1 unspecified atom stereocenters. The second-order valence-corrected chi connectivity index (χ2v) is 9.31. The first-order chi connectivity index (χ1) is 18.0. The molecule has 1 fully saturated rings. The Balaban J connectivity index is 1.50. The van der Waals surface area contributed by atoms with Crippen LogP contribution in [0.4, 0.5) is 0 Å². The summed E-state index contributed by atoms with van der Waals surface area (Å²) in [5, 5.41) is 8.80. The average Bonchev–Trinajstić information content (AvgIpc) is 3.46. The van der Waals surface area contributed by atoms with Crippen LogP contribution in [-0.4, -0.2) is 34.5 Å². The summed E-state index contributed by atoms with van der Waals surface area (Å²) in [6.45, 7) is -0.436.